The summed E-state index contributed by atoms with van der Waals surface area (Å²) in [7, 11) is -3.73. The van der Waals surface area contributed by atoms with Crippen molar-refractivity contribution in [1.82, 2.24) is 9.88 Å². The van der Waals surface area contributed by atoms with E-state index in [-0.39, 0.29) is 30.0 Å². The van der Waals surface area contributed by atoms with Gasteiger partial charge in [-0.15, -0.1) is 11.3 Å². The Morgan fingerprint density at radius 3 is 2.70 bits per heavy atom. The highest BCUT2D eigenvalue weighted by atomic mass is 35.5. The molecule has 0 saturated carbocycles. The standard InChI is InChI=1S/C25H28ClN5O4S2/c26-19-3-8-23-18(14-19)2-1-10-30(23)16-24(33)31-12-11-29(15-21(31)17-32)20-4-6-22(7-5-20)37(34,35)28-25-27-9-13-36-25/h3-9,13-14,21,32H,1-2,10-12,15-17H2,(H,27,28)/t21-/m0/s1. The maximum atomic E-state index is 13.3. The van der Waals surface area contributed by atoms with Gasteiger partial charge in [0.2, 0.25) is 5.91 Å². The lowest BCUT2D eigenvalue weighted by atomic mass is 10.0. The zero-order valence-electron chi connectivity index (χ0n) is 20.1. The normalized spacial score (nSPS) is 18.0. The second-order valence-electron chi connectivity index (χ2n) is 9.10. The van der Waals surface area contributed by atoms with Crippen molar-refractivity contribution in [3.63, 3.8) is 0 Å². The molecule has 3 aromatic rings. The van der Waals surface area contributed by atoms with E-state index in [0.29, 0.717) is 29.8 Å². The minimum atomic E-state index is -3.73. The second-order valence-corrected chi connectivity index (χ2v) is 12.1. The number of carbonyl (C=O) groups excluding carboxylic acids is 1. The molecule has 2 aliphatic heterocycles. The van der Waals surface area contributed by atoms with Crippen LogP contribution in [0.1, 0.15) is 12.0 Å². The van der Waals surface area contributed by atoms with E-state index < -0.39 is 10.0 Å². The molecule has 37 heavy (non-hydrogen) atoms. The average molecular weight is 562 g/mol. The van der Waals surface area contributed by atoms with Gasteiger partial charge in [0.1, 0.15) is 0 Å². The maximum absolute atomic E-state index is 13.3. The molecule has 1 saturated heterocycles. The smallest absolute Gasteiger partial charge is 0.263 e. The van der Waals surface area contributed by atoms with Crippen molar-refractivity contribution in [3.8, 4) is 0 Å². The molecule has 12 heteroatoms. The largest absolute Gasteiger partial charge is 0.394 e. The number of halogens is 1. The van der Waals surface area contributed by atoms with Crippen LogP contribution in [0.4, 0.5) is 16.5 Å². The Morgan fingerprint density at radius 1 is 1.16 bits per heavy atom. The van der Waals surface area contributed by atoms with E-state index in [0.717, 1.165) is 36.3 Å². The molecule has 2 aliphatic rings. The number of aryl methyl sites for hydroxylation is 1. The monoisotopic (exact) mass is 561 g/mol. The number of aromatic nitrogens is 1. The van der Waals surface area contributed by atoms with Gasteiger partial charge < -0.3 is 19.8 Å². The Morgan fingerprint density at radius 2 is 1.97 bits per heavy atom. The lowest BCUT2D eigenvalue weighted by Crippen LogP contribution is -2.58. The minimum Gasteiger partial charge on any atom is -0.394 e. The molecule has 196 valence electrons. The van der Waals surface area contributed by atoms with Crippen LogP contribution < -0.4 is 14.5 Å². The Kier molecular flexibility index (Phi) is 7.57. The topological polar surface area (TPSA) is 106 Å². The van der Waals surface area contributed by atoms with Gasteiger partial charge in [-0.3, -0.25) is 9.52 Å². The molecule has 0 aliphatic carbocycles. The number of aliphatic hydroxyl groups is 1. The van der Waals surface area contributed by atoms with Crippen molar-refractivity contribution in [2.24, 2.45) is 0 Å². The van der Waals surface area contributed by atoms with Crippen LogP contribution >= 0.6 is 22.9 Å². The van der Waals surface area contributed by atoms with Gasteiger partial charge in [-0.2, -0.15) is 0 Å². The average Bonchev–Trinajstić information content (AvgIpc) is 3.40. The fourth-order valence-electron chi connectivity index (χ4n) is 4.92. The SMILES string of the molecule is O=C(CN1CCCc2cc(Cl)ccc21)N1CCN(c2ccc(S(=O)(=O)Nc3nccs3)cc2)C[C@H]1CO. The number of nitrogens with one attached hydrogen (secondary N) is 1. The van der Waals surface area contributed by atoms with Crippen molar-refractivity contribution in [2.45, 2.75) is 23.8 Å². The summed E-state index contributed by atoms with van der Waals surface area (Å²) in [6.07, 6.45) is 3.44. The molecule has 0 spiro atoms. The van der Waals surface area contributed by atoms with Crippen LogP contribution in [0, 0.1) is 0 Å². The molecule has 3 heterocycles. The predicted molar refractivity (Wildman–Crippen MR) is 146 cm³/mol. The van der Waals surface area contributed by atoms with Gasteiger partial charge in [0.25, 0.3) is 10.0 Å². The molecule has 0 radical (unpaired) electrons. The fraction of sp³-hybridized carbons (Fsp3) is 0.360. The number of thiazole rings is 1. The van der Waals surface area contributed by atoms with Crippen LogP contribution in [0.5, 0.6) is 0 Å². The molecule has 0 unspecified atom stereocenters. The molecular formula is C25H28ClN5O4S2. The third kappa shape index (κ3) is 5.69. The van der Waals surface area contributed by atoms with Gasteiger partial charge in [0.05, 0.1) is 24.1 Å². The van der Waals surface area contributed by atoms with Crippen molar-refractivity contribution in [1.29, 1.82) is 0 Å². The summed E-state index contributed by atoms with van der Waals surface area (Å²) in [6.45, 7) is 2.41. The van der Waals surface area contributed by atoms with Crippen LogP contribution in [0.2, 0.25) is 5.02 Å². The Hall–Kier alpha value is -2.86. The summed E-state index contributed by atoms with van der Waals surface area (Å²) >= 11 is 7.36. The molecule has 9 nitrogen and oxygen atoms in total. The summed E-state index contributed by atoms with van der Waals surface area (Å²) in [6, 6.07) is 12.0. The van der Waals surface area contributed by atoms with Gasteiger partial charge in [-0.05, 0) is 60.9 Å². The van der Waals surface area contributed by atoms with E-state index in [1.807, 2.05) is 18.2 Å². The highest BCUT2D eigenvalue weighted by molar-refractivity contribution is 7.93. The Bertz CT molecular complexity index is 1350. The number of carbonyl (C=O) groups is 1. The molecule has 0 bridgehead atoms. The lowest BCUT2D eigenvalue weighted by Gasteiger charge is -2.43. The van der Waals surface area contributed by atoms with Crippen LogP contribution in [0.15, 0.2) is 58.9 Å². The minimum absolute atomic E-state index is 0.0174. The number of anilines is 3. The van der Waals surface area contributed by atoms with E-state index >= 15 is 0 Å². The number of hydrogen-bond acceptors (Lipinski definition) is 8. The summed E-state index contributed by atoms with van der Waals surface area (Å²) in [5.74, 6) is -0.0174. The molecule has 1 aromatic heterocycles. The summed E-state index contributed by atoms with van der Waals surface area (Å²) in [5, 5.41) is 12.8. The van der Waals surface area contributed by atoms with Gasteiger partial charge in [-0.1, -0.05) is 11.6 Å². The lowest BCUT2D eigenvalue weighted by molar-refractivity contribution is -0.133. The van der Waals surface area contributed by atoms with Crippen LogP contribution in [0.25, 0.3) is 0 Å². The molecule has 2 aromatic carbocycles. The number of benzene rings is 2. The zero-order valence-corrected chi connectivity index (χ0v) is 22.5. The third-order valence-corrected chi connectivity index (χ3v) is 9.17. The molecule has 5 rings (SSSR count). The first-order chi connectivity index (χ1) is 17.8. The first-order valence-electron chi connectivity index (χ1n) is 12.0. The predicted octanol–water partition coefficient (Wildman–Crippen LogP) is 3.06. The first-order valence-corrected chi connectivity index (χ1v) is 14.8. The third-order valence-electron chi connectivity index (χ3n) is 6.76. The number of fused-ring (bicyclic) bond motifs is 1. The number of hydrogen-bond donors (Lipinski definition) is 2. The van der Waals surface area contributed by atoms with Crippen LogP contribution in [-0.2, 0) is 21.2 Å². The van der Waals surface area contributed by atoms with Gasteiger partial charge in [0.15, 0.2) is 5.13 Å². The second kappa shape index (κ2) is 10.9. The van der Waals surface area contributed by atoms with Crippen molar-refractivity contribution in [2.75, 3.05) is 53.9 Å². The maximum Gasteiger partial charge on any atom is 0.263 e. The molecule has 2 N–H and O–H groups in total. The molecule has 1 amide bonds. The number of sulfonamides is 1. The zero-order chi connectivity index (χ0) is 26.0. The first kappa shape index (κ1) is 25.8. The van der Waals surface area contributed by atoms with Crippen molar-refractivity contribution >= 4 is 55.4 Å². The van der Waals surface area contributed by atoms with Crippen molar-refractivity contribution < 1.29 is 18.3 Å². The van der Waals surface area contributed by atoms with E-state index in [1.165, 1.54) is 17.5 Å². The van der Waals surface area contributed by atoms with Crippen LogP contribution in [-0.4, -0.2) is 74.7 Å². The van der Waals surface area contributed by atoms with E-state index in [1.54, 1.807) is 34.5 Å². The van der Waals surface area contributed by atoms with E-state index in [4.69, 9.17) is 11.6 Å². The quantitative estimate of drug-likeness (QED) is 0.456. The highest BCUT2D eigenvalue weighted by Gasteiger charge is 2.32. The number of amides is 1. The molecular weight excluding hydrogens is 534 g/mol. The Balaban J connectivity index is 1.23. The van der Waals surface area contributed by atoms with E-state index in [9.17, 15) is 18.3 Å². The number of piperazine rings is 1. The number of nitrogens with zero attached hydrogens (tertiary/aromatic N) is 4. The van der Waals surface area contributed by atoms with Gasteiger partial charge >= 0.3 is 0 Å². The Labute approximate surface area is 225 Å². The molecule has 1 fully saturated rings. The van der Waals surface area contributed by atoms with Crippen LogP contribution in [0.3, 0.4) is 0 Å². The van der Waals surface area contributed by atoms with Gasteiger partial charge in [-0.25, -0.2) is 13.4 Å². The van der Waals surface area contributed by atoms with E-state index in [2.05, 4.69) is 19.5 Å². The summed E-state index contributed by atoms with van der Waals surface area (Å²) in [4.78, 5) is 23.3. The molecule has 1 atom stereocenters. The highest BCUT2D eigenvalue weighted by Crippen LogP contribution is 2.30. The summed E-state index contributed by atoms with van der Waals surface area (Å²) in [5.41, 5.74) is 3.03. The van der Waals surface area contributed by atoms with Crippen molar-refractivity contribution in [3.05, 3.63) is 64.6 Å². The number of aliphatic hydroxyl groups excluding tert-OH is 1. The summed E-state index contributed by atoms with van der Waals surface area (Å²) < 4.78 is 27.7. The van der Waals surface area contributed by atoms with Gasteiger partial charge in [0, 0.05) is 54.2 Å². The number of rotatable bonds is 7. The fourth-order valence-corrected chi connectivity index (χ4v) is 6.90.